The Labute approximate surface area is 184 Å². The Morgan fingerprint density at radius 2 is 2.19 bits per heavy atom. The van der Waals surface area contributed by atoms with Crippen molar-refractivity contribution in [1.82, 2.24) is 14.8 Å². The number of fused-ring (bicyclic) bond motifs is 2. The predicted octanol–water partition coefficient (Wildman–Crippen LogP) is 4.77. The largest absolute Gasteiger partial charge is 0.493 e. The van der Waals surface area contributed by atoms with Crippen LogP contribution in [0.2, 0.25) is 5.02 Å². The Bertz CT molecular complexity index is 1250. The topological polar surface area (TPSA) is 69.1 Å². The van der Waals surface area contributed by atoms with Gasteiger partial charge in [0.2, 0.25) is 0 Å². The smallest absolute Gasteiger partial charge is 0.171 e. The number of benzene rings is 2. The molecule has 0 aliphatic carbocycles. The van der Waals surface area contributed by atoms with Crippen LogP contribution >= 0.6 is 11.6 Å². The minimum atomic E-state index is -0.249. The van der Waals surface area contributed by atoms with Crippen molar-refractivity contribution >= 4 is 28.3 Å². The van der Waals surface area contributed by atoms with Crippen LogP contribution in [0.3, 0.4) is 0 Å². The number of nitrogens with zero attached hydrogens (tertiary/aromatic N) is 2. The molecule has 1 unspecified atom stereocenters. The van der Waals surface area contributed by atoms with Gasteiger partial charge in [-0.3, -0.25) is 9.89 Å². The second kappa shape index (κ2) is 8.21. The molecular weight excluding hydrogens is 414 g/mol. The fourth-order valence-electron chi connectivity index (χ4n) is 4.20. The van der Waals surface area contributed by atoms with Crippen molar-refractivity contribution < 1.29 is 14.3 Å². The van der Waals surface area contributed by atoms with E-state index in [1.807, 2.05) is 42.7 Å². The maximum absolute atomic E-state index is 13.5. The average Bonchev–Trinajstić information content (AvgIpc) is 3.45. The first kappa shape index (κ1) is 19.8. The lowest BCUT2D eigenvalue weighted by Crippen LogP contribution is -2.28. The Hall–Kier alpha value is -3.09. The molecule has 2 aromatic heterocycles. The molecule has 1 N–H and O–H groups in total. The second-order valence-corrected chi connectivity index (χ2v) is 8.21. The second-order valence-electron chi connectivity index (χ2n) is 7.78. The summed E-state index contributed by atoms with van der Waals surface area (Å²) in [5, 5.41) is 8.48. The molecule has 31 heavy (non-hydrogen) atoms. The summed E-state index contributed by atoms with van der Waals surface area (Å²) in [6, 6.07) is 11.7. The molecule has 7 heteroatoms. The van der Waals surface area contributed by atoms with E-state index in [2.05, 4.69) is 20.8 Å². The lowest BCUT2D eigenvalue weighted by molar-refractivity contribution is 0.0856. The van der Waals surface area contributed by atoms with Crippen LogP contribution in [-0.2, 0) is 17.7 Å². The number of methoxy groups -OCH3 is 1. The average molecular weight is 436 g/mol. The van der Waals surface area contributed by atoms with Gasteiger partial charge in [0.15, 0.2) is 5.78 Å². The SMILES string of the molecule is COCCn1cc(C(=O)C2COc3ccc(Cl)cc3C2)c2ccc(-c3cn[nH]c3)cc21. The summed E-state index contributed by atoms with van der Waals surface area (Å²) in [6.07, 6.45) is 6.21. The standard InChI is InChI=1S/C24H22ClN3O3/c1-30-7-6-28-13-21(20-4-2-15(10-22(20)28)18-11-26-27-12-18)24(29)17-8-16-9-19(25)3-5-23(16)31-14-17/h2-5,9-13,17H,6-8,14H2,1H3,(H,26,27). The maximum atomic E-state index is 13.5. The van der Waals surface area contributed by atoms with E-state index in [1.165, 1.54) is 0 Å². The number of carbonyl (C=O) groups excluding carboxylic acids is 1. The maximum Gasteiger partial charge on any atom is 0.171 e. The van der Waals surface area contributed by atoms with Gasteiger partial charge < -0.3 is 14.0 Å². The van der Waals surface area contributed by atoms with Crippen LogP contribution in [-0.4, -0.2) is 40.9 Å². The van der Waals surface area contributed by atoms with E-state index in [0.717, 1.165) is 33.3 Å². The number of Topliss-reactive ketones (excluding diaryl/α,β-unsaturated/α-hetero) is 1. The number of ketones is 1. The predicted molar refractivity (Wildman–Crippen MR) is 120 cm³/mol. The van der Waals surface area contributed by atoms with E-state index in [4.69, 9.17) is 21.1 Å². The van der Waals surface area contributed by atoms with Gasteiger partial charge >= 0.3 is 0 Å². The van der Waals surface area contributed by atoms with Crippen LogP contribution in [0.25, 0.3) is 22.0 Å². The zero-order valence-corrected chi connectivity index (χ0v) is 17.9. The van der Waals surface area contributed by atoms with Crippen molar-refractivity contribution in [1.29, 1.82) is 0 Å². The monoisotopic (exact) mass is 435 g/mol. The van der Waals surface area contributed by atoms with Crippen LogP contribution in [0, 0.1) is 5.92 Å². The summed E-state index contributed by atoms with van der Waals surface area (Å²) in [7, 11) is 1.68. The molecule has 2 aromatic carbocycles. The molecule has 6 nitrogen and oxygen atoms in total. The van der Waals surface area contributed by atoms with Crippen molar-refractivity contribution in [2.24, 2.45) is 5.92 Å². The normalized spacial score (nSPS) is 15.6. The number of ether oxygens (including phenoxy) is 2. The van der Waals surface area contributed by atoms with E-state index < -0.39 is 0 Å². The van der Waals surface area contributed by atoms with Crippen LogP contribution < -0.4 is 4.74 Å². The van der Waals surface area contributed by atoms with Gasteiger partial charge in [0, 0.05) is 53.1 Å². The molecule has 158 valence electrons. The van der Waals surface area contributed by atoms with Crippen LogP contribution in [0.1, 0.15) is 15.9 Å². The van der Waals surface area contributed by atoms with Crippen LogP contribution in [0.5, 0.6) is 5.75 Å². The fourth-order valence-corrected chi connectivity index (χ4v) is 4.40. The van der Waals surface area contributed by atoms with Crippen LogP contribution in [0.15, 0.2) is 55.0 Å². The third kappa shape index (κ3) is 3.73. The highest BCUT2D eigenvalue weighted by molar-refractivity contribution is 6.30. The van der Waals surface area contributed by atoms with Gasteiger partial charge in [-0.2, -0.15) is 5.10 Å². The number of carbonyl (C=O) groups is 1. The van der Waals surface area contributed by atoms with Gasteiger partial charge in [0.1, 0.15) is 5.75 Å². The number of rotatable bonds is 6. The van der Waals surface area contributed by atoms with Gasteiger partial charge in [-0.25, -0.2) is 0 Å². The molecule has 1 aliphatic rings. The Balaban J connectivity index is 1.52. The molecule has 0 bridgehead atoms. The molecule has 0 amide bonds. The highest BCUT2D eigenvalue weighted by Gasteiger charge is 2.29. The molecule has 0 spiro atoms. The van der Waals surface area contributed by atoms with Crippen molar-refractivity contribution in [3.63, 3.8) is 0 Å². The summed E-state index contributed by atoms with van der Waals surface area (Å²) in [4.78, 5) is 13.5. The number of H-pyrrole nitrogens is 1. The first-order chi connectivity index (χ1) is 15.1. The molecule has 4 aromatic rings. The summed E-state index contributed by atoms with van der Waals surface area (Å²) in [5.41, 5.74) is 4.73. The van der Waals surface area contributed by atoms with Gasteiger partial charge in [-0.15, -0.1) is 0 Å². The molecule has 5 rings (SSSR count). The summed E-state index contributed by atoms with van der Waals surface area (Å²) in [6.45, 7) is 1.59. The Kier molecular flexibility index (Phi) is 5.26. The van der Waals surface area contributed by atoms with Gasteiger partial charge in [0.05, 0.1) is 25.3 Å². The number of nitrogens with one attached hydrogen (secondary N) is 1. The minimum Gasteiger partial charge on any atom is -0.493 e. The zero-order valence-electron chi connectivity index (χ0n) is 17.1. The lowest BCUT2D eigenvalue weighted by Gasteiger charge is -2.24. The van der Waals surface area contributed by atoms with E-state index in [1.54, 1.807) is 13.3 Å². The van der Waals surface area contributed by atoms with E-state index >= 15 is 0 Å². The number of hydrogen-bond acceptors (Lipinski definition) is 4. The number of aromatic amines is 1. The van der Waals surface area contributed by atoms with Crippen molar-refractivity contribution in [3.05, 3.63) is 71.1 Å². The third-order valence-corrected chi connectivity index (χ3v) is 6.05. The van der Waals surface area contributed by atoms with Crippen molar-refractivity contribution in [3.8, 4) is 16.9 Å². The minimum absolute atomic E-state index is 0.0860. The van der Waals surface area contributed by atoms with Gasteiger partial charge in [-0.05, 0) is 41.8 Å². The quantitative estimate of drug-likeness (QED) is 0.443. The van der Waals surface area contributed by atoms with E-state index in [9.17, 15) is 4.79 Å². The lowest BCUT2D eigenvalue weighted by atomic mass is 9.89. The first-order valence-electron chi connectivity index (χ1n) is 10.2. The molecule has 0 radical (unpaired) electrons. The fraction of sp³-hybridized carbons (Fsp3) is 0.250. The molecule has 3 heterocycles. The first-order valence-corrected chi connectivity index (χ1v) is 10.6. The van der Waals surface area contributed by atoms with Gasteiger partial charge in [-0.1, -0.05) is 23.7 Å². The Morgan fingerprint density at radius 1 is 1.29 bits per heavy atom. The third-order valence-electron chi connectivity index (χ3n) is 5.82. The molecule has 0 saturated heterocycles. The number of aromatic nitrogens is 3. The Morgan fingerprint density at radius 3 is 3.00 bits per heavy atom. The zero-order chi connectivity index (χ0) is 21.4. The number of hydrogen-bond donors (Lipinski definition) is 1. The molecule has 0 fully saturated rings. The summed E-state index contributed by atoms with van der Waals surface area (Å²) < 4.78 is 13.2. The molecular formula is C24H22ClN3O3. The highest BCUT2D eigenvalue weighted by atomic mass is 35.5. The van der Waals surface area contributed by atoms with Crippen molar-refractivity contribution in [2.75, 3.05) is 20.3 Å². The number of halogens is 1. The molecule has 1 atom stereocenters. The van der Waals surface area contributed by atoms with Crippen molar-refractivity contribution in [2.45, 2.75) is 13.0 Å². The summed E-state index contributed by atoms with van der Waals surface area (Å²) >= 11 is 6.15. The van der Waals surface area contributed by atoms with E-state index in [0.29, 0.717) is 36.8 Å². The van der Waals surface area contributed by atoms with Crippen LogP contribution in [0.4, 0.5) is 0 Å². The highest BCUT2D eigenvalue weighted by Crippen LogP contribution is 2.34. The summed E-state index contributed by atoms with van der Waals surface area (Å²) in [5.74, 6) is 0.643. The molecule has 0 saturated carbocycles. The van der Waals surface area contributed by atoms with Gasteiger partial charge in [0.25, 0.3) is 0 Å². The van der Waals surface area contributed by atoms with E-state index in [-0.39, 0.29) is 11.7 Å². The molecule has 1 aliphatic heterocycles.